The van der Waals surface area contributed by atoms with Gasteiger partial charge in [0.05, 0.1) is 0 Å². The van der Waals surface area contributed by atoms with Crippen molar-refractivity contribution >= 4 is 34.7 Å². The SMILES string of the molecule is O=C1C=Cc2cc3c(cc2C1)C(O[SH](=O)=O)C(=O)C=C3. The van der Waals surface area contributed by atoms with E-state index in [-0.39, 0.29) is 12.2 Å². The van der Waals surface area contributed by atoms with Crippen molar-refractivity contribution in [3.63, 3.8) is 0 Å². The van der Waals surface area contributed by atoms with Crippen molar-refractivity contribution in [2.24, 2.45) is 0 Å². The minimum Gasteiger partial charge on any atom is -0.294 e. The average molecular weight is 290 g/mol. The van der Waals surface area contributed by atoms with Crippen LogP contribution in [0.3, 0.4) is 0 Å². The fourth-order valence-corrected chi connectivity index (χ4v) is 2.80. The van der Waals surface area contributed by atoms with E-state index in [1.54, 1.807) is 18.2 Å². The maximum absolute atomic E-state index is 11.8. The highest BCUT2D eigenvalue weighted by molar-refractivity contribution is 7.67. The fraction of sp³-hybridized carbons (Fsp3) is 0.143. The summed E-state index contributed by atoms with van der Waals surface area (Å²) < 4.78 is 26.2. The topological polar surface area (TPSA) is 77.5 Å². The van der Waals surface area contributed by atoms with E-state index in [4.69, 9.17) is 4.18 Å². The van der Waals surface area contributed by atoms with Gasteiger partial charge >= 0.3 is 0 Å². The first kappa shape index (κ1) is 13.0. The second kappa shape index (κ2) is 4.81. The summed E-state index contributed by atoms with van der Waals surface area (Å²) in [5.74, 6) is -0.447. The van der Waals surface area contributed by atoms with Crippen molar-refractivity contribution in [3.8, 4) is 0 Å². The van der Waals surface area contributed by atoms with Gasteiger partial charge in [0, 0.05) is 6.42 Å². The van der Waals surface area contributed by atoms with Gasteiger partial charge in [-0.1, -0.05) is 18.2 Å². The van der Waals surface area contributed by atoms with Gasteiger partial charge in [0.2, 0.25) is 0 Å². The summed E-state index contributed by atoms with van der Waals surface area (Å²) >= 11 is 0. The number of benzene rings is 1. The molecular formula is C14H10O5S. The Bertz CT molecular complexity index is 747. The molecule has 0 N–H and O–H groups in total. The normalized spacial score (nSPS) is 20.1. The van der Waals surface area contributed by atoms with E-state index in [9.17, 15) is 18.0 Å². The molecule has 20 heavy (non-hydrogen) atoms. The van der Waals surface area contributed by atoms with Crippen molar-refractivity contribution in [1.29, 1.82) is 0 Å². The maximum atomic E-state index is 11.8. The summed E-state index contributed by atoms with van der Waals surface area (Å²) in [5, 5.41) is 0. The first-order chi connectivity index (χ1) is 9.54. The van der Waals surface area contributed by atoms with Crippen LogP contribution in [0.25, 0.3) is 12.2 Å². The summed E-state index contributed by atoms with van der Waals surface area (Å²) in [6.07, 6.45) is 5.25. The third kappa shape index (κ3) is 2.23. The smallest absolute Gasteiger partial charge is 0.258 e. The second-order valence-electron chi connectivity index (χ2n) is 4.60. The average Bonchev–Trinajstić information content (AvgIpc) is 2.40. The largest absolute Gasteiger partial charge is 0.294 e. The minimum atomic E-state index is -3.13. The Hall–Kier alpha value is -2.05. The molecule has 6 heteroatoms. The van der Waals surface area contributed by atoms with Crippen LogP contribution in [-0.4, -0.2) is 20.0 Å². The Morgan fingerprint density at radius 1 is 1.00 bits per heavy atom. The Morgan fingerprint density at radius 3 is 2.50 bits per heavy atom. The predicted octanol–water partition coefficient (Wildman–Crippen LogP) is 1.00. The van der Waals surface area contributed by atoms with Gasteiger partial charge in [0.25, 0.3) is 11.0 Å². The van der Waals surface area contributed by atoms with Crippen LogP contribution < -0.4 is 0 Å². The molecule has 3 rings (SSSR count). The lowest BCUT2D eigenvalue weighted by molar-refractivity contribution is -0.121. The van der Waals surface area contributed by atoms with E-state index in [2.05, 4.69) is 0 Å². The highest BCUT2D eigenvalue weighted by atomic mass is 32.2. The number of thiol groups is 1. The zero-order valence-corrected chi connectivity index (χ0v) is 11.1. The summed E-state index contributed by atoms with van der Waals surface area (Å²) in [4.78, 5) is 23.2. The number of rotatable bonds is 2. The van der Waals surface area contributed by atoms with Crippen LogP contribution in [0.2, 0.25) is 0 Å². The third-order valence-electron chi connectivity index (χ3n) is 3.32. The van der Waals surface area contributed by atoms with Crippen molar-refractivity contribution in [3.05, 3.63) is 46.5 Å². The highest BCUT2D eigenvalue weighted by Gasteiger charge is 2.28. The van der Waals surface area contributed by atoms with Crippen LogP contribution in [0.1, 0.15) is 28.4 Å². The highest BCUT2D eigenvalue weighted by Crippen LogP contribution is 2.32. The zero-order chi connectivity index (χ0) is 14.3. The van der Waals surface area contributed by atoms with Crippen LogP contribution in [0.5, 0.6) is 0 Å². The molecular weight excluding hydrogens is 280 g/mol. The number of carbonyl (C=O) groups is 2. The number of hydrogen-bond acceptors (Lipinski definition) is 5. The lowest BCUT2D eigenvalue weighted by atomic mass is 9.86. The predicted molar refractivity (Wildman–Crippen MR) is 72.4 cm³/mol. The van der Waals surface area contributed by atoms with E-state index < -0.39 is 22.9 Å². The number of ketones is 2. The van der Waals surface area contributed by atoms with Gasteiger partial charge < -0.3 is 0 Å². The third-order valence-corrected chi connectivity index (χ3v) is 3.70. The number of allylic oxidation sites excluding steroid dienone is 1. The molecule has 0 aliphatic heterocycles. The van der Waals surface area contributed by atoms with Crippen LogP contribution in [0.4, 0.5) is 0 Å². The molecule has 1 aromatic rings. The van der Waals surface area contributed by atoms with Gasteiger partial charge in [-0.25, -0.2) is 8.42 Å². The maximum Gasteiger partial charge on any atom is 0.258 e. The van der Waals surface area contributed by atoms with E-state index in [0.717, 1.165) is 16.7 Å². The number of hydrogen-bond donors (Lipinski definition) is 1. The van der Waals surface area contributed by atoms with Gasteiger partial charge in [0.15, 0.2) is 17.7 Å². The molecule has 0 fully saturated rings. The van der Waals surface area contributed by atoms with E-state index in [1.807, 2.05) is 6.07 Å². The first-order valence-electron chi connectivity index (χ1n) is 5.95. The molecule has 5 nitrogen and oxygen atoms in total. The summed E-state index contributed by atoms with van der Waals surface area (Å²) in [6.45, 7) is 0. The molecule has 0 bridgehead atoms. The molecule has 2 aliphatic carbocycles. The zero-order valence-electron chi connectivity index (χ0n) is 10.2. The van der Waals surface area contributed by atoms with Crippen LogP contribution in [0, 0.1) is 0 Å². The van der Waals surface area contributed by atoms with Crippen LogP contribution in [0.15, 0.2) is 24.3 Å². The molecule has 2 aliphatic rings. The van der Waals surface area contributed by atoms with Crippen molar-refractivity contribution < 1.29 is 22.2 Å². The molecule has 0 saturated heterocycles. The van der Waals surface area contributed by atoms with E-state index >= 15 is 0 Å². The first-order valence-corrected chi connectivity index (χ1v) is 7.05. The standard InChI is InChI=1S/C14H10O5S/c15-11-3-1-8-5-9-2-4-13(16)14(19-20(17)18)12(9)7-10(8)6-11/h1-5,7,14,20H,6H2. The summed E-state index contributed by atoms with van der Waals surface area (Å²) in [6, 6.07) is 3.50. The van der Waals surface area contributed by atoms with Crippen LogP contribution >= 0.6 is 0 Å². The second-order valence-corrected chi connectivity index (χ2v) is 5.26. The lowest BCUT2D eigenvalue weighted by Crippen LogP contribution is -2.19. The molecule has 0 amide bonds. The quantitative estimate of drug-likeness (QED) is 0.822. The molecule has 0 saturated carbocycles. The number of carbonyl (C=O) groups excluding carboxylic acids is 2. The van der Waals surface area contributed by atoms with Gasteiger partial charge in [-0.3, -0.25) is 13.8 Å². The summed E-state index contributed by atoms with van der Waals surface area (Å²) in [5.41, 5.74) is 2.88. The molecule has 102 valence electrons. The van der Waals surface area contributed by atoms with E-state index in [0.29, 0.717) is 5.56 Å². The fourth-order valence-electron chi connectivity index (χ4n) is 2.41. The molecule has 0 spiro atoms. The van der Waals surface area contributed by atoms with Crippen molar-refractivity contribution in [2.45, 2.75) is 12.5 Å². The Morgan fingerprint density at radius 2 is 1.75 bits per heavy atom. The molecule has 0 aromatic heterocycles. The molecule has 1 atom stereocenters. The van der Waals surface area contributed by atoms with Crippen molar-refractivity contribution in [2.75, 3.05) is 0 Å². The molecule has 1 aromatic carbocycles. The lowest BCUT2D eigenvalue weighted by Gasteiger charge is -2.21. The minimum absolute atomic E-state index is 0.0255. The van der Waals surface area contributed by atoms with E-state index in [1.165, 1.54) is 12.2 Å². The Labute approximate surface area is 116 Å². The van der Waals surface area contributed by atoms with Gasteiger partial charge in [-0.15, -0.1) is 0 Å². The Balaban J connectivity index is 2.13. The van der Waals surface area contributed by atoms with Gasteiger partial charge in [-0.2, -0.15) is 0 Å². The molecule has 0 heterocycles. The summed E-state index contributed by atoms with van der Waals surface area (Å²) in [7, 11) is -3.13. The number of fused-ring (bicyclic) bond motifs is 2. The molecule has 1 unspecified atom stereocenters. The van der Waals surface area contributed by atoms with Gasteiger partial charge in [-0.05, 0) is 40.5 Å². The Kier molecular flexibility index (Phi) is 3.11. The monoisotopic (exact) mass is 290 g/mol. The molecule has 0 radical (unpaired) electrons. The van der Waals surface area contributed by atoms with Gasteiger partial charge in [0.1, 0.15) is 0 Å². The van der Waals surface area contributed by atoms with Crippen molar-refractivity contribution in [1.82, 2.24) is 0 Å². The van der Waals surface area contributed by atoms with Crippen LogP contribution in [-0.2, 0) is 31.2 Å².